The normalized spacial score (nSPS) is 11.4. The highest BCUT2D eigenvalue weighted by Crippen LogP contribution is 2.14. The summed E-state index contributed by atoms with van der Waals surface area (Å²) in [4.78, 5) is 24.5. The monoisotopic (exact) mass is 267 g/mol. The van der Waals surface area contributed by atoms with E-state index in [1.165, 1.54) is 4.90 Å². The molecule has 1 aromatic rings. The summed E-state index contributed by atoms with van der Waals surface area (Å²) in [5, 5.41) is 13.1. The summed E-state index contributed by atoms with van der Waals surface area (Å²) in [6.07, 6.45) is 0. The molecule has 0 aliphatic rings. The fourth-order valence-electron chi connectivity index (χ4n) is 1.88. The maximum absolute atomic E-state index is 12.3. The summed E-state index contributed by atoms with van der Waals surface area (Å²) >= 11 is 0. The highest BCUT2D eigenvalue weighted by molar-refractivity contribution is 5.81. The molecule has 1 N–H and O–H groups in total. The molecule has 0 atom stereocenters. The molecule has 0 unspecified atom stereocenters. The lowest BCUT2D eigenvalue weighted by Crippen LogP contribution is -2.49. The second-order valence-electron chi connectivity index (χ2n) is 5.63. The molecule has 19 heavy (non-hydrogen) atoms. The van der Waals surface area contributed by atoms with Gasteiger partial charge in [0.2, 0.25) is 5.91 Å². The number of carbonyl (C=O) groups excluding carboxylic acids is 1. The Morgan fingerprint density at radius 3 is 2.32 bits per heavy atom. The zero-order valence-corrected chi connectivity index (χ0v) is 12.1. The Morgan fingerprint density at radius 2 is 1.95 bits per heavy atom. The van der Waals surface area contributed by atoms with E-state index in [1.807, 2.05) is 40.7 Å². The molecule has 1 amide bonds. The largest absolute Gasteiger partial charge is 0.480 e. The van der Waals surface area contributed by atoms with Gasteiger partial charge in [0.05, 0.1) is 5.69 Å². The van der Waals surface area contributed by atoms with Crippen LogP contribution in [0.3, 0.4) is 0 Å². The standard InChI is InChI=1S/C13H21N3O3/c1-9-6-10(2)16(14-9)7-11(17)15(8-12(18)19)13(3,4)5/h6H,7-8H2,1-5H3,(H,18,19). The minimum Gasteiger partial charge on any atom is -0.480 e. The average Bonchev–Trinajstić information content (AvgIpc) is 2.52. The van der Waals surface area contributed by atoms with Crippen LogP contribution in [0.15, 0.2) is 6.07 Å². The van der Waals surface area contributed by atoms with Crippen LogP contribution in [0, 0.1) is 13.8 Å². The van der Waals surface area contributed by atoms with E-state index in [0.29, 0.717) is 0 Å². The van der Waals surface area contributed by atoms with Crippen LogP contribution in [0.2, 0.25) is 0 Å². The highest BCUT2D eigenvalue weighted by Gasteiger charge is 2.28. The number of hydrogen-bond donors (Lipinski definition) is 1. The first-order valence-electron chi connectivity index (χ1n) is 6.14. The minimum absolute atomic E-state index is 0.0597. The van der Waals surface area contributed by atoms with Gasteiger partial charge in [-0.25, -0.2) is 0 Å². The van der Waals surface area contributed by atoms with Crippen molar-refractivity contribution in [3.05, 3.63) is 17.5 Å². The van der Waals surface area contributed by atoms with Crippen LogP contribution in [-0.4, -0.2) is 43.7 Å². The van der Waals surface area contributed by atoms with E-state index in [-0.39, 0.29) is 19.0 Å². The fraction of sp³-hybridized carbons (Fsp3) is 0.615. The maximum atomic E-state index is 12.3. The lowest BCUT2D eigenvalue weighted by atomic mass is 10.1. The molecular formula is C13H21N3O3. The van der Waals surface area contributed by atoms with Crippen molar-refractivity contribution in [1.82, 2.24) is 14.7 Å². The second kappa shape index (κ2) is 5.42. The van der Waals surface area contributed by atoms with Gasteiger partial charge in [0.1, 0.15) is 13.1 Å². The third-order valence-corrected chi connectivity index (χ3v) is 2.79. The lowest BCUT2D eigenvalue weighted by molar-refractivity contribution is -0.148. The van der Waals surface area contributed by atoms with Crippen LogP contribution < -0.4 is 0 Å². The van der Waals surface area contributed by atoms with Gasteiger partial charge in [-0.15, -0.1) is 0 Å². The van der Waals surface area contributed by atoms with Crippen LogP contribution in [0.5, 0.6) is 0 Å². The first-order chi connectivity index (χ1) is 8.61. The predicted molar refractivity (Wildman–Crippen MR) is 70.8 cm³/mol. The number of aliphatic carboxylic acids is 1. The zero-order chi connectivity index (χ0) is 14.8. The van der Waals surface area contributed by atoms with E-state index in [9.17, 15) is 9.59 Å². The second-order valence-corrected chi connectivity index (χ2v) is 5.63. The zero-order valence-electron chi connectivity index (χ0n) is 12.1. The van der Waals surface area contributed by atoms with Crippen molar-refractivity contribution >= 4 is 11.9 Å². The molecule has 1 aromatic heterocycles. The first-order valence-corrected chi connectivity index (χ1v) is 6.14. The highest BCUT2D eigenvalue weighted by atomic mass is 16.4. The summed E-state index contributed by atoms with van der Waals surface area (Å²) < 4.78 is 1.60. The van der Waals surface area contributed by atoms with E-state index in [1.54, 1.807) is 4.68 Å². The topological polar surface area (TPSA) is 75.4 Å². The van der Waals surface area contributed by atoms with Gasteiger partial charge in [0.25, 0.3) is 0 Å². The SMILES string of the molecule is Cc1cc(C)n(CC(=O)N(CC(=O)O)C(C)(C)C)n1. The summed E-state index contributed by atoms with van der Waals surface area (Å²) in [7, 11) is 0. The van der Waals surface area contributed by atoms with Crippen molar-refractivity contribution in [2.45, 2.75) is 46.7 Å². The number of amides is 1. The van der Waals surface area contributed by atoms with Crippen molar-refractivity contribution in [2.75, 3.05) is 6.54 Å². The van der Waals surface area contributed by atoms with Gasteiger partial charge in [-0.1, -0.05) is 0 Å². The number of carboxylic acids is 1. The van der Waals surface area contributed by atoms with Crippen molar-refractivity contribution < 1.29 is 14.7 Å². The molecule has 0 bridgehead atoms. The molecule has 6 nitrogen and oxygen atoms in total. The van der Waals surface area contributed by atoms with Crippen molar-refractivity contribution in [3.8, 4) is 0 Å². The lowest BCUT2D eigenvalue weighted by Gasteiger charge is -2.34. The Balaban J connectivity index is 2.89. The molecular weight excluding hydrogens is 246 g/mol. The third kappa shape index (κ3) is 4.08. The summed E-state index contributed by atoms with van der Waals surface area (Å²) in [6, 6.07) is 1.88. The van der Waals surface area contributed by atoms with E-state index >= 15 is 0 Å². The number of carboxylic acid groups (broad SMARTS) is 1. The fourth-order valence-corrected chi connectivity index (χ4v) is 1.88. The number of rotatable bonds is 4. The van der Waals surface area contributed by atoms with Gasteiger partial charge in [-0.05, 0) is 40.7 Å². The number of carbonyl (C=O) groups is 2. The van der Waals surface area contributed by atoms with Gasteiger partial charge in [0.15, 0.2) is 0 Å². The van der Waals surface area contributed by atoms with Crippen molar-refractivity contribution in [1.29, 1.82) is 0 Å². The average molecular weight is 267 g/mol. The Kier molecular flexibility index (Phi) is 4.34. The molecule has 0 saturated carbocycles. The third-order valence-electron chi connectivity index (χ3n) is 2.79. The Hall–Kier alpha value is -1.85. The van der Waals surface area contributed by atoms with E-state index in [0.717, 1.165) is 11.4 Å². The molecule has 0 aliphatic heterocycles. The summed E-state index contributed by atoms with van der Waals surface area (Å²) in [5.41, 5.74) is 1.19. The van der Waals surface area contributed by atoms with Crippen LogP contribution in [-0.2, 0) is 16.1 Å². The molecule has 0 saturated heterocycles. The summed E-state index contributed by atoms with van der Waals surface area (Å²) in [5.74, 6) is -1.27. The minimum atomic E-state index is -1.02. The van der Waals surface area contributed by atoms with Gasteiger partial charge >= 0.3 is 5.97 Å². The molecule has 0 aromatic carbocycles. The summed E-state index contributed by atoms with van der Waals surface area (Å²) in [6.45, 7) is 8.92. The predicted octanol–water partition coefficient (Wildman–Crippen LogP) is 1.21. The molecule has 106 valence electrons. The van der Waals surface area contributed by atoms with E-state index < -0.39 is 11.5 Å². The van der Waals surface area contributed by atoms with Crippen LogP contribution in [0.4, 0.5) is 0 Å². The Morgan fingerprint density at radius 1 is 1.37 bits per heavy atom. The molecule has 0 aliphatic carbocycles. The number of aryl methyl sites for hydroxylation is 2. The van der Waals surface area contributed by atoms with Crippen molar-refractivity contribution in [2.24, 2.45) is 0 Å². The maximum Gasteiger partial charge on any atom is 0.323 e. The molecule has 1 rings (SSSR count). The number of hydrogen-bond acceptors (Lipinski definition) is 3. The van der Waals surface area contributed by atoms with Crippen LogP contribution >= 0.6 is 0 Å². The molecule has 6 heteroatoms. The molecule has 1 heterocycles. The quantitative estimate of drug-likeness (QED) is 0.889. The van der Waals surface area contributed by atoms with Gasteiger partial charge in [-0.2, -0.15) is 5.10 Å². The van der Waals surface area contributed by atoms with Crippen molar-refractivity contribution in [3.63, 3.8) is 0 Å². The van der Waals surface area contributed by atoms with Crippen LogP contribution in [0.1, 0.15) is 32.2 Å². The number of aromatic nitrogens is 2. The van der Waals surface area contributed by atoms with Gasteiger partial charge in [-0.3, -0.25) is 14.3 Å². The molecule has 0 radical (unpaired) electrons. The molecule has 0 fully saturated rings. The first kappa shape index (κ1) is 15.2. The Bertz CT molecular complexity index is 486. The Labute approximate surface area is 113 Å². The smallest absolute Gasteiger partial charge is 0.323 e. The number of nitrogens with zero attached hydrogens (tertiary/aromatic N) is 3. The van der Waals surface area contributed by atoms with Gasteiger partial charge < -0.3 is 10.0 Å². The van der Waals surface area contributed by atoms with E-state index in [2.05, 4.69) is 5.10 Å². The van der Waals surface area contributed by atoms with Crippen LogP contribution in [0.25, 0.3) is 0 Å². The van der Waals surface area contributed by atoms with E-state index in [4.69, 9.17) is 5.11 Å². The van der Waals surface area contributed by atoms with Gasteiger partial charge in [0, 0.05) is 11.2 Å². The molecule has 0 spiro atoms.